The number of rotatable bonds is 6. The molecule has 1 aliphatic carbocycles. The molecule has 2 N–H and O–H groups in total. The van der Waals surface area contributed by atoms with Crippen LogP contribution in [0.2, 0.25) is 0 Å². The van der Waals surface area contributed by atoms with E-state index in [1.54, 1.807) is 16.7 Å². The van der Waals surface area contributed by atoms with Crippen molar-refractivity contribution in [3.8, 4) is 11.1 Å². The van der Waals surface area contributed by atoms with Crippen LogP contribution >= 0.6 is 0 Å². The minimum absolute atomic E-state index is 0.00697. The van der Waals surface area contributed by atoms with Crippen LogP contribution in [0.3, 0.4) is 0 Å². The molecule has 1 amide bonds. The Morgan fingerprint density at radius 3 is 2.58 bits per heavy atom. The molecule has 31 heavy (non-hydrogen) atoms. The van der Waals surface area contributed by atoms with Crippen LogP contribution in [0.5, 0.6) is 0 Å². The van der Waals surface area contributed by atoms with Gasteiger partial charge in [0.1, 0.15) is 5.82 Å². The first-order valence-electron chi connectivity index (χ1n) is 11.2. The lowest BCUT2D eigenvalue weighted by Crippen LogP contribution is -2.48. The first-order valence-corrected chi connectivity index (χ1v) is 11.2. The van der Waals surface area contributed by atoms with Crippen LogP contribution < -0.4 is 10.9 Å². The molecule has 3 heterocycles. The van der Waals surface area contributed by atoms with Crippen LogP contribution in [0.15, 0.2) is 41.2 Å². The van der Waals surface area contributed by atoms with Crippen molar-refractivity contribution in [1.29, 1.82) is 0 Å². The lowest BCUT2D eigenvalue weighted by atomic mass is 9.88. The number of fused-ring (bicyclic) bond motifs is 3. The maximum Gasteiger partial charge on any atom is 0.258 e. The number of likely N-dealkylation sites (tertiary alicyclic amines) is 1. The summed E-state index contributed by atoms with van der Waals surface area (Å²) < 4.78 is 15.1. The fourth-order valence-corrected chi connectivity index (χ4v) is 5.54. The quantitative estimate of drug-likeness (QED) is 0.744. The van der Waals surface area contributed by atoms with Gasteiger partial charge in [-0.15, -0.1) is 0 Å². The van der Waals surface area contributed by atoms with E-state index in [4.69, 9.17) is 0 Å². The van der Waals surface area contributed by atoms with Crippen LogP contribution in [-0.4, -0.2) is 46.2 Å². The Hall–Kier alpha value is -2.51. The van der Waals surface area contributed by atoms with Crippen molar-refractivity contribution in [3.05, 3.63) is 58.3 Å². The van der Waals surface area contributed by atoms with Gasteiger partial charge >= 0.3 is 0 Å². The third kappa shape index (κ3) is 3.40. The first-order chi connectivity index (χ1) is 15.0. The highest BCUT2D eigenvalue weighted by Crippen LogP contribution is 2.50. The number of carbonyl (C=O) groups is 1. The Morgan fingerprint density at radius 2 is 1.94 bits per heavy atom. The Bertz CT molecular complexity index is 1050. The normalized spacial score (nSPS) is 27.2. The zero-order chi connectivity index (χ0) is 21.7. The van der Waals surface area contributed by atoms with Crippen molar-refractivity contribution in [3.63, 3.8) is 0 Å². The number of aromatic nitrogens is 1. The highest BCUT2D eigenvalue weighted by molar-refractivity contribution is 5.82. The number of nitrogens with zero attached hydrogens (tertiary/aromatic N) is 2. The summed E-state index contributed by atoms with van der Waals surface area (Å²) >= 11 is 0. The maximum atomic E-state index is 13.3. The van der Waals surface area contributed by atoms with E-state index in [2.05, 4.69) is 10.2 Å². The van der Waals surface area contributed by atoms with Gasteiger partial charge in [-0.3, -0.25) is 14.5 Å². The fourth-order valence-electron chi connectivity index (χ4n) is 5.54. The van der Waals surface area contributed by atoms with E-state index in [-0.39, 0.29) is 47.8 Å². The Balaban J connectivity index is 1.55. The molecule has 5 rings (SSSR count). The van der Waals surface area contributed by atoms with E-state index in [0.29, 0.717) is 30.1 Å². The number of benzene rings is 1. The van der Waals surface area contributed by atoms with Gasteiger partial charge < -0.3 is 15.0 Å². The average Bonchev–Trinajstić information content (AvgIpc) is 3.41. The van der Waals surface area contributed by atoms with Crippen LogP contribution in [0, 0.1) is 23.6 Å². The molecule has 0 radical (unpaired) electrons. The minimum atomic E-state index is -0.374. The number of halogens is 1. The largest absolute Gasteiger partial charge is 0.396 e. The lowest BCUT2D eigenvalue weighted by molar-refractivity contribution is -0.127. The summed E-state index contributed by atoms with van der Waals surface area (Å²) in [6.07, 6.45) is 2.33. The van der Waals surface area contributed by atoms with E-state index in [1.807, 2.05) is 19.1 Å². The summed E-state index contributed by atoms with van der Waals surface area (Å²) in [6, 6.07) is 9.31. The SMILES string of the molecule is CCNC(=O)[C@@H]1[C@@H](CO)[C@@H]2Cn3c(ccc(-c4ccc(F)cc4)c3=O)[C@@H]2N1CC1CC1. The van der Waals surface area contributed by atoms with Crippen LogP contribution in [-0.2, 0) is 11.3 Å². The summed E-state index contributed by atoms with van der Waals surface area (Å²) in [4.78, 5) is 28.5. The van der Waals surface area contributed by atoms with E-state index in [1.165, 1.54) is 12.1 Å². The lowest BCUT2D eigenvalue weighted by Gasteiger charge is -2.30. The molecule has 7 heteroatoms. The molecule has 6 nitrogen and oxygen atoms in total. The van der Waals surface area contributed by atoms with E-state index in [0.717, 1.165) is 25.1 Å². The number of pyridine rings is 1. The van der Waals surface area contributed by atoms with Gasteiger partial charge in [-0.1, -0.05) is 12.1 Å². The van der Waals surface area contributed by atoms with Crippen molar-refractivity contribution in [2.45, 2.75) is 38.4 Å². The van der Waals surface area contributed by atoms with Crippen molar-refractivity contribution in [2.75, 3.05) is 19.7 Å². The molecular weight excluding hydrogens is 397 g/mol. The second-order valence-corrected chi connectivity index (χ2v) is 9.03. The third-order valence-electron chi connectivity index (χ3n) is 7.13. The van der Waals surface area contributed by atoms with Gasteiger partial charge in [0.15, 0.2) is 0 Å². The first kappa shape index (κ1) is 20.4. The minimum Gasteiger partial charge on any atom is -0.396 e. The van der Waals surface area contributed by atoms with Crippen molar-refractivity contribution in [2.24, 2.45) is 17.8 Å². The zero-order valence-electron chi connectivity index (χ0n) is 17.6. The average molecular weight is 426 g/mol. The molecule has 1 aromatic carbocycles. The molecule has 0 unspecified atom stereocenters. The molecule has 1 aromatic heterocycles. The second-order valence-electron chi connectivity index (χ2n) is 9.03. The van der Waals surface area contributed by atoms with Gasteiger partial charge in [0, 0.05) is 49.3 Å². The monoisotopic (exact) mass is 425 g/mol. The van der Waals surface area contributed by atoms with Crippen LogP contribution in [0.1, 0.15) is 31.5 Å². The number of aliphatic hydroxyl groups excluding tert-OH is 1. The van der Waals surface area contributed by atoms with Gasteiger partial charge in [0.2, 0.25) is 5.91 Å². The highest BCUT2D eigenvalue weighted by atomic mass is 19.1. The summed E-state index contributed by atoms with van der Waals surface area (Å²) in [5.74, 6) is -0.00319. The number of hydrogen-bond acceptors (Lipinski definition) is 4. The van der Waals surface area contributed by atoms with Gasteiger partial charge in [-0.05, 0) is 55.5 Å². The summed E-state index contributed by atoms with van der Waals surface area (Å²) in [6.45, 7) is 3.66. The van der Waals surface area contributed by atoms with E-state index in [9.17, 15) is 19.1 Å². The number of amides is 1. The fraction of sp³-hybridized carbons (Fsp3) is 0.500. The Kier molecular flexibility index (Phi) is 5.18. The number of nitrogens with one attached hydrogen (secondary N) is 1. The Morgan fingerprint density at radius 1 is 1.19 bits per heavy atom. The van der Waals surface area contributed by atoms with Gasteiger partial charge in [-0.25, -0.2) is 4.39 Å². The zero-order valence-corrected chi connectivity index (χ0v) is 17.6. The van der Waals surface area contributed by atoms with Crippen LogP contribution in [0.25, 0.3) is 11.1 Å². The maximum absolute atomic E-state index is 13.3. The predicted molar refractivity (Wildman–Crippen MR) is 115 cm³/mol. The standard InChI is InChI=1S/C24H28FN3O3/c1-2-26-23(30)22-19(13-29)18-12-27-20(21(18)28(22)11-14-3-4-14)10-9-17(24(27)31)15-5-7-16(25)8-6-15/h5-10,14,18-19,21-22,29H,2-4,11-13H2,1H3,(H,26,30)/t18-,19-,21+,22-/m0/s1. The number of hydrogen-bond donors (Lipinski definition) is 2. The third-order valence-corrected chi connectivity index (χ3v) is 7.13. The van der Waals surface area contributed by atoms with E-state index >= 15 is 0 Å². The molecule has 1 saturated carbocycles. The van der Waals surface area contributed by atoms with Crippen molar-refractivity contribution in [1.82, 2.24) is 14.8 Å². The summed E-state index contributed by atoms with van der Waals surface area (Å²) in [5, 5.41) is 13.2. The van der Waals surface area contributed by atoms with Gasteiger partial charge in [0.25, 0.3) is 5.56 Å². The molecule has 164 valence electrons. The second kappa shape index (κ2) is 7.88. The van der Waals surface area contributed by atoms with Gasteiger partial charge in [-0.2, -0.15) is 0 Å². The molecule has 3 aliphatic rings. The number of carbonyl (C=O) groups excluding carboxylic acids is 1. The molecule has 0 bridgehead atoms. The predicted octanol–water partition coefficient (Wildman–Crippen LogP) is 2.16. The summed E-state index contributed by atoms with van der Waals surface area (Å²) in [7, 11) is 0. The van der Waals surface area contributed by atoms with E-state index < -0.39 is 0 Å². The van der Waals surface area contributed by atoms with Crippen LogP contribution in [0.4, 0.5) is 4.39 Å². The smallest absolute Gasteiger partial charge is 0.258 e. The Labute approximate surface area is 180 Å². The topological polar surface area (TPSA) is 74.6 Å². The van der Waals surface area contributed by atoms with Crippen molar-refractivity contribution >= 4 is 5.91 Å². The highest BCUT2D eigenvalue weighted by Gasteiger charge is 2.56. The number of likely N-dealkylation sites (N-methyl/N-ethyl adjacent to an activating group) is 1. The molecule has 4 atom stereocenters. The molecule has 0 spiro atoms. The molecule has 2 aliphatic heterocycles. The molecular formula is C24H28FN3O3. The van der Waals surface area contributed by atoms with Crippen molar-refractivity contribution < 1.29 is 14.3 Å². The molecule has 1 saturated heterocycles. The molecule has 2 aromatic rings. The molecule has 2 fully saturated rings. The van der Waals surface area contributed by atoms with Gasteiger partial charge in [0.05, 0.1) is 12.1 Å². The summed E-state index contributed by atoms with van der Waals surface area (Å²) in [5.41, 5.74) is 2.04. The number of aliphatic hydroxyl groups is 1.